The quantitative estimate of drug-likeness (QED) is 0.244. The van der Waals surface area contributed by atoms with Gasteiger partial charge < -0.3 is 15.0 Å². The minimum Gasteiger partial charge on any atom is -0.492 e. The highest BCUT2D eigenvalue weighted by molar-refractivity contribution is 7.92. The number of aryl methyl sites for hydroxylation is 1. The van der Waals surface area contributed by atoms with E-state index in [4.69, 9.17) is 16.3 Å². The van der Waals surface area contributed by atoms with Gasteiger partial charge in [-0.2, -0.15) is 0 Å². The fourth-order valence-corrected chi connectivity index (χ4v) is 5.75. The van der Waals surface area contributed by atoms with Crippen molar-refractivity contribution in [1.82, 2.24) is 10.2 Å². The summed E-state index contributed by atoms with van der Waals surface area (Å²) in [4.78, 5) is 28.6. The minimum atomic E-state index is -4.19. The van der Waals surface area contributed by atoms with Gasteiger partial charge in [-0.1, -0.05) is 66.9 Å². The van der Waals surface area contributed by atoms with E-state index in [2.05, 4.69) is 5.32 Å². The zero-order chi connectivity index (χ0) is 30.0. The van der Waals surface area contributed by atoms with Crippen LogP contribution in [0.25, 0.3) is 0 Å². The molecule has 0 unspecified atom stereocenters. The van der Waals surface area contributed by atoms with Crippen LogP contribution in [-0.4, -0.2) is 50.9 Å². The highest BCUT2D eigenvalue weighted by Crippen LogP contribution is 2.33. The van der Waals surface area contributed by atoms with Gasteiger partial charge in [-0.25, -0.2) is 8.42 Å². The van der Waals surface area contributed by atoms with Crippen LogP contribution in [0.1, 0.15) is 44.7 Å². The Morgan fingerprint density at radius 1 is 0.976 bits per heavy atom. The molecule has 3 aromatic carbocycles. The van der Waals surface area contributed by atoms with Crippen LogP contribution in [0.2, 0.25) is 5.02 Å². The van der Waals surface area contributed by atoms with Gasteiger partial charge in [0, 0.05) is 18.1 Å². The van der Waals surface area contributed by atoms with Crippen molar-refractivity contribution in [2.24, 2.45) is 0 Å². The van der Waals surface area contributed by atoms with Crippen LogP contribution in [-0.2, 0) is 26.2 Å². The van der Waals surface area contributed by atoms with E-state index in [1.165, 1.54) is 17.0 Å². The molecule has 220 valence electrons. The molecule has 0 radical (unpaired) electrons. The van der Waals surface area contributed by atoms with Gasteiger partial charge in [0.15, 0.2) is 0 Å². The van der Waals surface area contributed by atoms with E-state index in [0.29, 0.717) is 23.9 Å². The monoisotopic (exact) mass is 599 g/mol. The number of hydrogen-bond acceptors (Lipinski definition) is 5. The van der Waals surface area contributed by atoms with Crippen LogP contribution >= 0.6 is 11.6 Å². The number of carbonyl (C=O) groups is 2. The fourth-order valence-electron chi connectivity index (χ4n) is 4.20. The topological polar surface area (TPSA) is 96.0 Å². The molecule has 10 heteroatoms. The van der Waals surface area contributed by atoms with Crippen molar-refractivity contribution in [3.05, 3.63) is 88.9 Å². The van der Waals surface area contributed by atoms with Crippen LogP contribution < -0.4 is 14.4 Å². The van der Waals surface area contributed by atoms with Crippen molar-refractivity contribution in [1.29, 1.82) is 0 Å². The molecule has 0 aliphatic rings. The Hall–Kier alpha value is -3.56. The summed E-state index contributed by atoms with van der Waals surface area (Å²) in [6, 6.07) is 19.2. The molecular formula is C31H38ClN3O5S. The summed E-state index contributed by atoms with van der Waals surface area (Å²) in [7, 11) is -4.19. The standard InChI is InChI=1S/C31H38ClN3O5S/c1-5-7-20-33-31(37)24(4)34(21-25-14-16-26(32)17-15-25)30(36)22-35(28-10-8-9-11-29(28)40-6-2)41(38,39)27-18-12-23(3)13-19-27/h8-19,24H,5-7,20-22H2,1-4H3,(H,33,37)/t24-/m0/s1. The van der Waals surface area contributed by atoms with E-state index in [1.807, 2.05) is 13.8 Å². The molecule has 2 amide bonds. The summed E-state index contributed by atoms with van der Waals surface area (Å²) in [6.45, 7) is 7.66. The third-order valence-electron chi connectivity index (χ3n) is 6.58. The summed E-state index contributed by atoms with van der Waals surface area (Å²) >= 11 is 6.06. The maximum Gasteiger partial charge on any atom is 0.264 e. The Morgan fingerprint density at radius 3 is 2.27 bits per heavy atom. The van der Waals surface area contributed by atoms with Crippen LogP contribution in [0.15, 0.2) is 77.7 Å². The second-order valence-corrected chi connectivity index (χ2v) is 12.0. The van der Waals surface area contributed by atoms with Crippen molar-refractivity contribution >= 4 is 39.1 Å². The number of anilines is 1. The lowest BCUT2D eigenvalue weighted by molar-refractivity contribution is -0.139. The van der Waals surface area contributed by atoms with Gasteiger partial charge in [-0.3, -0.25) is 13.9 Å². The molecule has 0 spiro atoms. The number of benzene rings is 3. The Kier molecular flexibility index (Phi) is 11.6. The minimum absolute atomic E-state index is 0.0387. The van der Waals surface area contributed by atoms with Crippen LogP contribution in [0.3, 0.4) is 0 Å². The Bertz CT molecular complexity index is 1410. The van der Waals surface area contributed by atoms with E-state index in [0.717, 1.165) is 28.3 Å². The van der Waals surface area contributed by atoms with Gasteiger partial charge in [0.2, 0.25) is 11.8 Å². The second-order valence-electron chi connectivity index (χ2n) is 9.69. The molecular weight excluding hydrogens is 562 g/mol. The summed E-state index contributed by atoms with van der Waals surface area (Å²) in [5, 5.41) is 3.42. The van der Waals surface area contributed by atoms with E-state index in [-0.39, 0.29) is 23.0 Å². The normalized spacial score (nSPS) is 11.9. The van der Waals surface area contributed by atoms with E-state index in [9.17, 15) is 18.0 Å². The first-order valence-corrected chi connectivity index (χ1v) is 15.5. The van der Waals surface area contributed by atoms with Gasteiger partial charge in [0.1, 0.15) is 18.3 Å². The van der Waals surface area contributed by atoms with Crippen LogP contribution in [0.5, 0.6) is 5.75 Å². The maximum absolute atomic E-state index is 14.0. The number of unbranched alkanes of at least 4 members (excludes halogenated alkanes) is 1. The predicted molar refractivity (Wildman–Crippen MR) is 163 cm³/mol. The van der Waals surface area contributed by atoms with Crippen molar-refractivity contribution < 1.29 is 22.7 Å². The van der Waals surface area contributed by atoms with Crippen LogP contribution in [0, 0.1) is 6.92 Å². The first-order valence-electron chi connectivity index (χ1n) is 13.7. The molecule has 8 nitrogen and oxygen atoms in total. The number of rotatable bonds is 14. The molecule has 3 rings (SSSR count). The zero-order valence-corrected chi connectivity index (χ0v) is 25.5. The lowest BCUT2D eigenvalue weighted by atomic mass is 10.1. The Balaban J connectivity index is 2.04. The maximum atomic E-state index is 14.0. The Morgan fingerprint density at radius 2 is 1.63 bits per heavy atom. The first-order chi connectivity index (χ1) is 19.6. The SMILES string of the molecule is CCCCNC(=O)[C@H](C)N(Cc1ccc(Cl)cc1)C(=O)CN(c1ccccc1OCC)S(=O)(=O)c1ccc(C)cc1. The number of amides is 2. The molecule has 0 aliphatic heterocycles. The summed E-state index contributed by atoms with van der Waals surface area (Å²) in [5.74, 6) is -0.531. The van der Waals surface area contributed by atoms with Crippen molar-refractivity contribution in [3.63, 3.8) is 0 Å². The fraction of sp³-hybridized carbons (Fsp3) is 0.355. The number of para-hydroxylation sites is 2. The van der Waals surface area contributed by atoms with Crippen molar-refractivity contribution in [3.8, 4) is 5.75 Å². The van der Waals surface area contributed by atoms with Crippen molar-refractivity contribution in [2.75, 3.05) is 24.0 Å². The molecule has 0 saturated carbocycles. The molecule has 0 bridgehead atoms. The number of nitrogens with one attached hydrogen (secondary N) is 1. The molecule has 0 aliphatic carbocycles. The highest BCUT2D eigenvalue weighted by Gasteiger charge is 2.33. The summed E-state index contributed by atoms with van der Waals surface area (Å²) in [6.07, 6.45) is 1.72. The first kappa shape index (κ1) is 32.0. The Labute approximate surface area is 248 Å². The van der Waals surface area contributed by atoms with Gasteiger partial charge in [-0.05, 0) is 69.2 Å². The zero-order valence-electron chi connectivity index (χ0n) is 24.0. The molecule has 1 N–H and O–H groups in total. The van der Waals surface area contributed by atoms with Crippen molar-refractivity contribution in [2.45, 2.75) is 58.0 Å². The van der Waals surface area contributed by atoms with Gasteiger partial charge in [0.25, 0.3) is 10.0 Å². The van der Waals surface area contributed by atoms with Gasteiger partial charge >= 0.3 is 0 Å². The summed E-state index contributed by atoms with van der Waals surface area (Å²) < 4.78 is 34.9. The highest BCUT2D eigenvalue weighted by atomic mass is 35.5. The summed E-state index contributed by atoms with van der Waals surface area (Å²) in [5.41, 5.74) is 1.88. The lowest BCUT2D eigenvalue weighted by Gasteiger charge is -2.32. The molecule has 1 atom stereocenters. The van der Waals surface area contributed by atoms with Gasteiger partial charge in [-0.15, -0.1) is 0 Å². The average molecular weight is 600 g/mol. The third-order valence-corrected chi connectivity index (χ3v) is 8.61. The predicted octanol–water partition coefficient (Wildman–Crippen LogP) is 5.58. The molecule has 0 fully saturated rings. The number of carbonyl (C=O) groups excluding carboxylic acids is 2. The largest absolute Gasteiger partial charge is 0.492 e. The van der Waals surface area contributed by atoms with Gasteiger partial charge in [0.05, 0.1) is 17.2 Å². The molecule has 0 saturated heterocycles. The van der Waals surface area contributed by atoms with E-state index < -0.39 is 28.5 Å². The lowest BCUT2D eigenvalue weighted by Crippen LogP contribution is -2.51. The number of sulfonamides is 1. The number of nitrogens with zero attached hydrogens (tertiary/aromatic N) is 2. The third kappa shape index (κ3) is 8.47. The molecule has 3 aromatic rings. The number of ether oxygens (including phenoxy) is 1. The molecule has 41 heavy (non-hydrogen) atoms. The average Bonchev–Trinajstić information content (AvgIpc) is 2.96. The molecule has 0 aromatic heterocycles. The van der Waals surface area contributed by atoms with E-state index in [1.54, 1.807) is 74.5 Å². The number of hydrogen-bond donors (Lipinski definition) is 1. The van der Waals surface area contributed by atoms with E-state index >= 15 is 0 Å². The second kappa shape index (κ2) is 14.9. The number of halogens is 1. The molecule has 0 heterocycles. The smallest absolute Gasteiger partial charge is 0.264 e. The van der Waals surface area contributed by atoms with Crippen LogP contribution in [0.4, 0.5) is 5.69 Å².